The zero-order valence-corrected chi connectivity index (χ0v) is 10.2. The minimum Gasteiger partial charge on any atom is -0.502 e. The maximum Gasteiger partial charge on any atom is 0.300 e. The topological polar surface area (TPSA) is 85.2 Å². The summed E-state index contributed by atoms with van der Waals surface area (Å²) >= 11 is 0. The van der Waals surface area contributed by atoms with Crippen LogP contribution in [0.5, 0.6) is 23.0 Å². The molecule has 6 heteroatoms. The largest absolute Gasteiger partial charge is 0.502 e. The van der Waals surface area contributed by atoms with E-state index < -0.39 is 5.97 Å². The van der Waals surface area contributed by atoms with E-state index in [4.69, 9.17) is 24.1 Å². The summed E-state index contributed by atoms with van der Waals surface area (Å²) in [5, 5.41) is 16.9. The van der Waals surface area contributed by atoms with E-state index in [-0.39, 0.29) is 5.75 Å². The molecular weight excluding hydrogens is 228 g/mol. The van der Waals surface area contributed by atoms with Crippen molar-refractivity contribution in [1.82, 2.24) is 0 Å². The SMILES string of the molecule is CC(=O)O.COc1cc(OC)c(O)c(OC)c1. The normalized spacial score (nSPS) is 8.71. The van der Waals surface area contributed by atoms with E-state index >= 15 is 0 Å². The summed E-state index contributed by atoms with van der Waals surface area (Å²) in [4.78, 5) is 9.00. The highest BCUT2D eigenvalue weighted by atomic mass is 16.5. The Morgan fingerprint density at radius 3 is 1.65 bits per heavy atom. The maximum absolute atomic E-state index is 9.50. The fourth-order valence-electron chi connectivity index (χ4n) is 0.987. The number of methoxy groups -OCH3 is 3. The molecule has 0 unspecified atom stereocenters. The Morgan fingerprint density at radius 2 is 1.41 bits per heavy atom. The predicted octanol–water partition coefficient (Wildman–Crippen LogP) is 1.51. The van der Waals surface area contributed by atoms with Gasteiger partial charge in [0.15, 0.2) is 11.5 Å². The third-order valence-corrected chi connectivity index (χ3v) is 1.69. The average molecular weight is 244 g/mol. The number of rotatable bonds is 3. The Labute approximate surface area is 99.4 Å². The number of carbonyl (C=O) groups is 1. The molecule has 6 nitrogen and oxygen atoms in total. The zero-order valence-electron chi connectivity index (χ0n) is 10.2. The third kappa shape index (κ3) is 4.96. The van der Waals surface area contributed by atoms with Crippen molar-refractivity contribution in [3.63, 3.8) is 0 Å². The summed E-state index contributed by atoms with van der Waals surface area (Å²) in [5.41, 5.74) is 0. The van der Waals surface area contributed by atoms with Crippen molar-refractivity contribution < 1.29 is 29.2 Å². The molecule has 0 saturated carbocycles. The molecule has 0 amide bonds. The lowest BCUT2D eigenvalue weighted by molar-refractivity contribution is -0.134. The van der Waals surface area contributed by atoms with Gasteiger partial charge in [0.05, 0.1) is 21.3 Å². The molecule has 0 aromatic heterocycles. The number of phenolic OH excluding ortho intramolecular Hbond substituents is 1. The molecule has 1 aromatic rings. The molecular formula is C11H16O6. The van der Waals surface area contributed by atoms with Crippen molar-refractivity contribution in [2.75, 3.05) is 21.3 Å². The van der Waals surface area contributed by atoms with Crippen LogP contribution in [0.2, 0.25) is 0 Å². The number of benzene rings is 1. The maximum atomic E-state index is 9.50. The molecule has 0 bridgehead atoms. The van der Waals surface area contributed by atoms with Crippen LogP contribution < -0.4 is 14.2 Å². The number of aromatic hydroxyl groups is 1. The van der Waals surface area contributed by atoms with Crippen molar-refractivity contribution in [1.29, 1.82) is 0 Å². The van der Waals surface area contributed by atoms with Crippen LogP contribution in [0.4, 0.5) is 0 Å². The first-order valence-corrected chi connectivity index (χ1v) is 4.64. The molecule has 0 spiro atoms. The van der Waals surface area contributed by atoms with Gasteiger partial charge in [0.2, 0.25) is 5.75 Å². The highest BCUT2D eigenvalue weighted by molar-refractivity contribution is 5.63. The zero-order chi connectivity index (χ0) is 13.4. The Morgan fingerprint density at radius 1 is 1.06 bits per heavy atom. The van der Waals surface area contributed by atoms with E-state index in [0.717, 1.165) is 6.92 Å². The van der Waals surface area contributed by atoms with Gasteiger partial charge in [0.25, 0.3) is 5.97 Å². The molecule has 2 N–H and O–H groups in total. The number of carboxylic acid groups (broad SMARTS) is 1. The number of hydrogen-bond donors (Lipinski definition) is 2. The fraction of sp³-hybridized carbons (Fsp3) is 0.364. The lowest BCUT2D eigenvalue weighted by atomic mass is 10.2. The second kappa shape index (κ2) is 7.21. The third-order valence-electron chi connectivity index (χ3n) is 1.69. The smallest absolute Gasteiger partial charge is 0.300 e. The van der Waals surface area contributed by atoms with Crippen LogP contribution in [0.15, 0.2) is 12.1 Å². The van der Waals surface area contributed by atoms with Gasteiger partial charge in [0.1, 0.15) is 5.75 Å². The van der Waals surface area contributed by atoms with Crippen molar-refractivity contribution in [3.8, 4) is 23.0 Å². The van der Waals surface area contributed by atoms with Crippen molar-refractivity contribution in [2.24, 2.45) is 0 Å². The highest BCUT2D eigenvalue weighted by Gasteiger charge is 2.10. The summed E-state index contributed by atoms with van der Waals surface area (Å²) in [7, 11) is 4.47. The minimum atomic E-state index is -0.833. The van der Waals surface area contributed by atoms with Gasteiger partial charge in [-0.05, 0) is 0 Å². The summed E-state index contributed by atoms with van der Waals surface area (Å²) in [6.45, 7) is 1.08. The van der Waals surface area contributed by atoms with Crippen LogP contribution in [-0.4, -0.2) is 37.5 Å². The van der Waals surface area contributed by atoms with Gasteiger partial charge in [-0.2, -0.15) is 0 Å². The summed E-state index contributed by atoms with van der Waals surface area (Å²) < 4.78 is 14.8. The van der Waals surface area contributed by atoms with Crippen LogP contribution in [0, 0.1) is 0 Å². The first-order chi connectivity index (χ1) is 7.96. The van der Waals surface area contributed by atoms with Gasteiger partial charge < -0.3 is 24.4 Å². The standard InChI is InChI=1S/C9H12O4.C2H4O2/c1-11-6-4-7(12-2)9(10)8(5-6)13-3;1-2(3)4/h4-5,10H,1-3H3;1H3,(H,3,4). The Hall–Kier alpha value is -2.11. The van der Waals surface area contributed by atoms with Gasteiger partial charge in [-0.1, -0.05) is 0 Å². The number of ether oxygens (including phenoxy) is 3. The summed E-state index contributed by atoms with van der Waals surface area (Å²) in [6.07, 6.45) is 0. The molecule has 0 heterocycles. The van der Waals surface area contributed by atoms with Crippen molar-refractivity contribution >= 4 is 5.97 Å². The van der Waals surface area contributed by atoms with Crippen LogP contribution in [0.1, 0.15) is 6.92 Å². The number of aliphatic carboxylic acids is 1. The molecule has 0 fully saturated rings. The minimum absolute atomic E-state index is 0.0224. The quantitative estimate of drug-likeness (QED) is 0.838. The predicted molar refractivity (Wildman–Crippen MR) is 61.1 cm³/mol. The van der Waals surface area contributed by atoms with Gasteiger partial charge in [-0.3, -0.25) is 4.79 Å². The first-order valence-electron chi connectivity index (χ1n) is 4.64. The Balaban J connectivity index is 0.000000557. The second-order valence-corrected chi connectivity index (χ2v) is 2.90. The fourth-order valence-corrected chi connectivity index (χ4v) is 0.987. The van der Waals surface area contributed by atoms with Crippen LogP contribution in [0.3, 0.4) is 0 Å². The van der Waals surface area contributed by atoms with Crippen LogP contribution in [-0.2, 0) is 4.79 Å². The van der Waals surface area contributed by atoms with Crippen molar-refractivity contribution in [3.05, 3.63) is 12.1 Å². The molecule has 0 saturated heterocycles. The van der Waals surface area contributed by atoms with Crippen LogP contribution in [0.25, 0.3) is 0 Å². The van der Waals surface area contributed by atoms with Crippen molar-refractivity contribution in [2.45, 2.75) is 6.92 Å². The van der Waals surface area contributed by atoms with Crippen LogP contribution >= 0.6 is 0 Å². The molecule has 0 aliphatic rings. The average Bonchev–Trinajstić information content (AvgIpc) is 2.28. The van der Waals surface area contributed by atoms with Gasteiger partial charge in [-0.25, -0.2) is 0 Å². The second-order valence-electron chi connectivity index (χ2n) is 2.90. The molecule has 0 atom stereocenters. The summed E-state index contributed by atoms with van der Waals surface area (Å²) in [5.74, 6) is 0.379. The van der Waals surface area contributed by atoms with E-state index in [9.17, 15) is 5.11 Å². The summed E-state index contributed by atoms with van der Waals surface area (Å²) in [6, 6.07) is 3.16. The molecule has 1 rings (SSSR count). The molecule has 0 aliphatic heterocycles. The Bertz CT molecular complexity index is 345. The molecule has 17 heavy (non-hydrogen) atoms. The van der Waals surface area contributed by atoms with Gasteiger partial charge >= 0.3 is 0 Å². The van der Waals surface area contributed by atoms with E-state index in [0.29, 0.717) is 17.2 Å². The highest BCUT2D eigenvalue weighted by Crippen LogP contribution is 2.39. The number of hydrogen-bond acceptors (Lipinski definition) is 5. The first kappa shape index (κ1) is 14.9. The molecule has 0 aliphatic carbocycles. The Kier molecular flexibility index (Phi) is 6.32. The molecule has 96 valence electrons. The van der Waals surface area contributed by atoms with E-state index in [1.54, 1.807) is 12.1 Å². The monoisotopic (exact) mass is 244 g/mol. The van der Waals surface area contributed by atoms with E-state index in [1.165, 1.54) is 21.3 Å². The number of phenols is 1. The van der Waals surface area contributed by atoms with Gasteiger partial charge in [-0.15, -0.1) is 0 Å². The lowest BCUT2D eigenvalue weighted by Gasteiger charge is -2.09. The number of carboxylic acids is 1. The molecule has 1 aromatic carbocycles. The van der Waals surface area contributed by atoms with E-state index in [2.05, 4.69) is 0 Å². The van der Waals surface area contributed by atoms with E-state index in [1.807, 2.05) is 0 Å². The van der Waals surface area contributed by atoms with Gasteiger partial charge in [0, 0.05) is 19.1 Å². The molecule has 0 radical (unpaired) electrons. The lowest BCUT2D eigenvalue weighted by Crippen LogP contribution is -1.91.